The molecule has 17 heavy (non-hydrogen) atoms. The summed E-state index contributed by atoms with van der Waals surface area (Å²) in [5.74, 6) is -0.657. The van der Waals surface area contributed by atoms with Crippen molar-refractivity contribution in [3.8, 4) is 6.07 Å². The van der Waals surface area contributed by atoms with Gasteiger partial charge in [0, 0.05) is 6.42 Å². The molecule has 1 aliphatic rings. The van der Waals surface area contributed by atoms with Gasteiger partial charge in [0.15, 0.2) is 0 Å². The molecule has 1 amide bonds. The third-order valence-corrected chi connectivity index (χ3v) is 2.68. The van der Waals surface area contributed by atoms with Crippen molar-refractivity contribution in [2.45, 2.75) is 18.6 Å². The molecule has 8 heteroatoms. The van der Waals surface area contributed by atoms with Crippen LogP contribution in [0.15, 0.2) is 0 Å². The molecule has 2 atom stereocenters. The lowest BCUT2D eigenvalue weighted by molar-refractivity contribution is -0.128. The highest BCUT2D eigenvalue weighted by Crippen LogP contribution is 2.19. The maximum atomic E-state index is 12.7. The van der Waals surface area contributed by atoms with Gasteiger partial charge in [-0.1, -0.05) is 0 Å². The van der Waals surface area contributed by atoms with Gasteiger partial charge < -0.3 is 4.90 Å². The van der Waals surface area contributed by atoms with Crippen molar-refractivity contribution in [2.24, 2.45) is 0 Å². The number of nitrogens with zero attached hydrogens (tertiary/aromatic N) is 2. The highest BCUT2D eigenvalue weighted by Gasteiger charge is 2.34. The van der Waals surface area contributed by atoms with Gasteiger partial charge in [-0.15, -0.1) is 23.2 Å². The van der Waals surface area contributed by atoms with Crippen LogP contribution in [0.1, 0.15) is 6.42 Å². The molecule has 0 aromatic carbocycles. The number of alkyl halides is 3. The lowest BCUT2D eigenvalue weighted by Gasteiger charge is -2.16. The van der Waals surface area contributed by atoms with Crippen molar-refractivity contribution in [3.05, 3.63) is 0 Å². The number of likely N-dealkylation sites (tertiary alicyclic amines) is 1. The third kappa shape index (κ3) is 6.06. The summed E-state index contributed by atoms with van der Waals surface area (Å²) in [6, 6.07) is 1.23. The standard InChI is InChI=1S/C7H8ClFN2O.C2H2Cl2O/c8-2-7(12)11-4-5(9)1-6(11)3-10;3-1-2(4)5/h5-6H,1-2,4H2;1H2/t5-,6-;/m0./s1. The van der Waals surface area contributed by atoms with E-state index in [-0.39, 0.29) is 30.6 Å². The lowest BCUT2D eigenvalue weighted by atomic mass is 10.2. The Balaban J connectivity index is 0.000000437. The summed E-state index contributed by atoms with van der Waals surface area (Å²) in [6.45, 7) is 0.00375. The summed E-state index contributed by atoms with van der Waals surface area (Å²) in [6.07, 6.45) is -0.971. The van der Waals surface area contributed by atoms with Gasteiger partial charge in [0.25, 0.3) is 0 Å². The van der Waals surface area contributed by atoms with Crippen molar-refractivity contribution in [1.29, 1.82) is 5.26 Å². The molecule has 0 aromatic rings. The van der Waals surface area contributed by atoms with E-state index in [1.54, 1.807) is 0 Å². The predicted octanol–water partition coefficient (Wildman–Crippen LogP) is 1.68. The minimum absolute atomic E-state index is 0.00375. The maximum Gasteiger partial charge on any atom is 0.238 e. The second-order valence-electron chi connectivity index (χ2n) is 3.15. The van der Waals surface area contributed by atoms with E-state index in [4.69, 9.17) is 40.1 Å². The van der Waals surface area contributed by atoms with Crippen LogP contribution < -0.4 is 0 Å². The molecular weight excluding hydrogens is 293 g/mol. The smallest absolute Gasteiger partial charge is 0.238 e. The van der Waals surface area contributed by atoms with Crippen molar-refractivity contribution in [2.75, 3.05) is 18.3 Å². The Morgan fingerprint density at radius 1 is 1.41 bits per heavy atom. The van der Waals surface area contributed by atoms with Crippen LogP contribution in [0.5, 0.6) is 0 Å². The second kappa shape index (κ2) is 8.51. The second-order valence-corrected chi connectivity index (χ2v) is 4.10. The van der Waals surface area contributed by atoms with Crippen LogP contribution in [-0.4, -0.2) is 46.6 Å². The van der Waals surface area contributed by atoms with Crippen LogP contribution in [0, 0.1) is 11.3 Å². The maximum absolute atomic E-state index is 12.7. The molecule has 0 N–H and O–H groups in total. The topological polar surface area (TPSA) is 61.2 Å². The Labute approximate surface area is 113 Å². The highest BCUT2D eigenvalue weighted by molar-refractivity contribution is 6.67. The minimum atomic E-state index is -1.08. The average molecular weight is 304 g/mol. The molecular formula is C9H10Cl3FN2O2. The zero-order chi connectivity index (χ0) is 13.4. The van der Waals surface area contributed by atoms with Crippen molar-refractivity contribution in [1.82, 2.24) is 4.90 Å². The van der Waals surface area contributed by atoms with Gasteiger partial charge in [-0.2, -0.15) is 5.26 Å². The Hall–Kier alpha value is -0.570. The number of rotatable bonds is 2. The van der Waals surface area contributed by atoms with E-state index in [0.29, 0.717) is 0 Å². The third-order valence-electron chi connectivity index (χ3n) is 1.94. The molecule has 0 aliphatic carbocycles. The van der Waals surface area contributed by atoms with Crippen LogP contribution in [0.3, 0.4) is 0 Å². The van der Waals surface area contributed by atoms with Crippen LogP contribution in [0.4, 0.5) is 4.39 Å². The van der Waals surface area contributed by atoms with E-state index >= 15 is 0 Å². The van der Waals surface area contributed by atoms with Crippen LogP contribution in [-0.2, 0) is 9.59 Å². The van der Waals surface area contributed by atoms with Gasteiger partial charge in [-0.3, -0.25) is 9.59 Å². The summed E-state index contributed by atoms with van der Waals surface area (Å²) in [5, 5.41) is 8.04. The SMILES string of the molecule is N#C[C@@H]1C[C@H](F)CN1C(=O)CCl.O=C(Cl)CCl. The Bertz CT molecular complexity index is 322. The van der Waals surface area contributed by atoms with Crippen LogP contribution in [0.25, 0.3) is 0 Å². The average Bonchev–Trinajstić information content (AvgIpc) is 2.70. The fourth-order valence-corrected chi connectivity index (χ4v) is 1.41. The molecule has 0 bridgehead atoms. The van der Waals surface area contributed by atoms with Crippen molar-refractivity contribution < 1.29 is 14.0 Å². The van der Waals surface area contributed by atoms with Crippen molar-refractivity contribution in [3.63, 3.8) is 0 Å². The van der Waals surface area contributed by atoms with E-state index < -0.39 is 17.5 Å². The van der Waals surface area contributed by atoms with Crippen molar-refractivity contribution >= 4 is 46.0 Å². The normalized spacial score (nSPS) is 22.4. The number of nitriles is 1. The Kier molecular flexibility index (Phi) is 8.23. The fraction of sp³-hybridized carbons (Fsp3) is 0.667. The summed E-state index contributed by atoms with van der Waals surface area (Å²) in [4.78, 5) is 21.6. The molecule has 0 unspecified atom stereocenters. The highest BCUT2D eigenvalue weighted by atomic mass is 35.5. The molecule has 1 rings (SSSR count). The Morgan fingerprint density at radius 2 is 1.94 bits per heavy atom. The molecule has 1 fully saturated rings. The van der Waals surface area contributed by atoms with Crippen LogP contribution >= 0.6 is 34.8 Å². The summed E-state index contributed by atoms with van der Waals surface area (Å²) in [5.41, 5.74) is 0. The number of hydrogen-bond acceptors (Lipinski definition) is 3. The number of amides is 1. The van der Waals surface area contributed by atoms with E-state index in [2.05, 4.69) is 0 Å². The summed E-state index contributed by atoms with van der Waals surface area (Å²) >= 11 is 14.8. The zero-order valence-corrected chi connectivity index (χ0v) is 11.0. The van der Waals surface area contributed by atoms with Gasteiger partial charge in [-0.05, 0) is 11.6 Å². The van der Waals surface area contributed by atoms with Gasteiger partial charge in [0.05, 0.1) is 18.5 Å². The Morgan fingerprint density at radius 3 is 2.29 bits per heavy atom. The summed E-state index contributed by atoms with van der Waals surface area (Å²) in [7, 11) is 0. The van der Waals surface area contributed by atoms with Crippen LogP contribution in [0.2, 0.25) is 0 Å². The number of carbonyl (C=O) groups is 2. The first kappa shape index (κ1) is 16.4. The molecule has 1 aliphatic heterocycles. The molecule has 4 nitrogen and oxygen atoms in total. The minimum Gasteiger partial charge on any atom is -0.323 e. The molecule has 0 aromatic heterocycles. The summed E-state index contributed by atoms with van der Waals surface area (Å²) < 4.78 is 12.7. The molecule has 96 valence electrons. The van der Waals surface area contributed by atoms with E-state index in [1.807, 2.05) is 6.07 Å². The predicted molar refractivity (Wildman–Crippen MR) is 62.9 cm³/mol. The number of hydrogen-bond donors (Lipinski definition) is 0. The number of halogens is 4. The molecule has 0 saturated carbocycles. The molecule has 1 heterocycles. The molecule has 0 spiro atoms. The van der Waals surface area contributed by atoms with Gasteiger partial charge in [0.1, 0.15) is 18.1 Å². The van der Waals surface area contributed by atoms with E-state index in [1.165, 1.54) is 4.90 Å². The van der Waals surface area contributed by atoms with E-state index in [9.17, 15) is 14.0 Å². The first-order chi connectivity index (χ1) is 7.96. The zero-order valence-electron chi connectivity index (χ0n) is 8.71. The lowest BCUT2D eigenvalue weighted by Crippen LogP contribution is -2.35. The molecule has 0 radical (unpaired) electrons. The first-order valence-corrected chi connectivity index (χ1v) is 6.04. The monoisotopic (exact) mass is 302 g/mol. The van der Waals surface area contributed by atoms with E-state index in [0.717, 1.165) is 0 Å². The van der Waals surface area contributed by atoms with Gasteiger partial charge >= 0.3 is 0 Å². The largest absolute Gasteiger partial charge is 0.323 e. The number of carbonyl (C=O) groups excluding carboxylic acids is 2. The van der Waals surface area contributed by atoms with Gasteiger partial charge in [-0.25, -0.2) is 4.39 Å². The first-order valence-electron chi connectivity index (χ1n) is 4.59. The fourth-order valence-electron chi connectivity index (χ4n) is 1.26. The molecule has 1 saturated heterocycles. The van der Waals surface area contributed by atoms with Gasteiger partial charge in [0.2, 0.25) is 11.1 Å². The quantitative estimate of drug-likeness (QED) is 0.576.